The molecule has 2 N–H and O–H groups in total. The smallest absolute Gasteiger partial charge is 0.255 e. The zero-order valence-electron chi connectivity index (χ0n) is 11.2. The third kappa shape index (κ3) is 3.45. The summed E-state index contributed by atoms with van der Waals surface area (Å²) in [4.78, 5) is 11.9. The second-order valence-corrected chi connectivity index (χ2v) is 5.49. The van der Waals surface area contributed by atoms with Crippen LogP contribution in [0.4, 0.5) is 4.39 Å². The highest BCUT2D eigenvalue weighted by molar-refractivity contribution is 5.96. The second-order valence-electron chi connectivity index (χ2n) is 5.49. The molecule has 0 aliphatic heterocycles. The maximum atomic E-state index is 12.8. The summed E-state index contributed by atoms with van der Waals surface area (Å²) in [6, 6.07) is 3.37. The fraction of sp³-hybridized carbons (Fsp3) is 0.500. The Bertz CT molecular complexity index is 441. The average Bonchev–Trinajstić information content (AvgIpc) is 2.25. The first-order chi connectivity index (χ1) is 8.24. The van der Waals surface area contributed by atoms with Crippen LogP contribution in [0.5, 0.6) is 5.75 Å². The van der Waals surface area contributed by atoms with Crippen molar-refractivity contribution < 1.29 is 14.3 Å². The molecule has 1 amide bonds. The van der Waals surface area contributed by atoms with Gasteiger partial charge in [0.15, 0.2) is 0 Å². The number of carbonyl (C=O) groups is 1. The van der Waals surface area contributed by atoms with Crippen LogP contribution in [-0.4, -0.2) is 17.6 Å². The van der Waals surface area contributed by atoms with Gasteiger partial charge in [-0.1, -0.05) is 27.7 Å². The number of hydrogen-bond donors (Lipinski definition) is 2. The first-order valence-electron chi connectivity index (χ1n) is 6.01. The van der Waals surface area contributed by atoms with Gasteiger partial charge in [-0.25, -0.2) is 4.39 Å². The Morgan fingerprint density at radius 1 is 1.44 bits per heavy atom. The van der Waals surface area contributed by atoms with Crippen LogP contribution in [0.25, 0.3) is 0 Å². The van der Waals surface area contributed by atoms with E-state index in [1.165, 1.54) is 6.07 Å². The molecule has 100 valence electrons. The number of nitrogens with one attached hydrogen (secondary N) is 1. The van der Waals surface area contributed by atoms with E-state index >= 15 is 0 Å². The SMILES string of the molecule is CC(C)C(C)(C)CNC(=O)c1ccc(F)cc1O. The molecule has 0 heterocycles. The topological polar surface area (TPSA) is 49.3 Å². The maximum Gasteiger partial charge on any atom is 0.255 e. The summed E-state index contributed by atoms with van der Waals surface area (Å²) in [6.07, 6.45) is 0. The molecule has 0 aliphatic carbocycles. The molecule has 0 atom stereocenters. The van der Waals surface area contributed by atoms with Gasteiger partial charge in [-0.05, 0) is 23.5 Å². The molecule has 0 aromatic heterocycles. The Hall–Kier alpha value is -1.58. The van der Waals surface area contributed by atoms with Gasteiger partial charge in [0.25, 0.3) is 5.91 Å². The number of halogens is 1. The van der Waals surface area contributed by atoms with E-state index in [1.54, 1.807) is 0 Å². The van der Waals surface area contributed by atoms with Crippen molar-refractivity contribution in [2.45, 2.75) is 27.7 Å². The third-order valence-corrected chi connectivity index (χ3v) is 3.47. The van der Waals surface area contributed by atoms with Gasteiger partial charge in [0.2, 0.25) is 0 Å². The second kappa shape index (κ2) is 5.38. The van der Waals surface area contributed by atoms with Crippen LogP contribution >= 0.6 is 0 Å². The van der Waals surface area contributed by atoms with Gasteiger partial charge in [-0.2, -0.15) is 0 Å². The van der Waals surface area contributed by atoms with Crippen LogP contribution in [0.2, 0.25) is 0 Å². The van der Waals surface area contributed by atoms with E-state index in [-0.39, 0.29) is 22.6 Å². The van der Waals surface area contributed by atoms with Crippen molar-refractivity contribution in [3.8, 4) is 5.75 Å². The van der Waals surface area contributed by atoms with Gasteiger partial charge in [0, 0.05) is 12.6 Å². The van der Waals surface area contributed by atoms with Crippen LogP contribution in [0.1, 0.15) is 38.1 Å². The fourth-order valence-electron chi connectivity index (χ4n) is 1.30. The van der Waals surface area contributed by atoms with Crippen molar-refractivity contribution >= 4 is 5.91 Å². The summed E-state index contributed by atoms with van der Waals surface area (Å²) in [5, 5.41) is 12.3. The molecule has 1 aromatic carbocycles. The van der Waals surface area contributed by atoms with E-state index in [4.69, 9.17) is 0 Å². The number of hydrogen-bond acceptors (Lipinski definition) is 2. The van der Waals surface area contributed by atoms with Crippen molar-refractivity contribution in [1.82, 2.24) is 5.32 Å². The van der Waals surface area contributed by atoms with E-state index < -0.39 is 5.82 Å². The largest absolute Gasteiger partial charge is 0.507 e. The number of rotatable bonds is 4. The minimum absolute atomic E-state index is 0.0364. The number of phenolic OH excluding ortho intramolecular Hbond substituents is 1. The van der Waals surface area contributed by atoms with E-state index in [2.05, 4.69) is 33.0 Å². The van der Waals surface area contributed by atoms with Gasteiger partial charge in [0.05, 0.1) is 5.56 Å². The zero-order chi connectivity index (χ0) is 13.9. The van der Waals surface area contributed by atoms with Gasteiger partial charge in [0.1, 0.15) is 11.6 Å². The molecule has 1 rings (SSSR count). The highest BCUT2D eigenvalue weighted by Gasteiger charge is 2.23. The molecule has 3 nitrogen and oxygen atoms in total. The first-order valence-corrected chi connectivity index (χ1v) is 6.01. The summed E-state index contributed by atoms with van der Waals surface area (Å²) < 4.78 is 12.8. The summed E-state index contributed by atoms with van der Waals surface area (Å²) in [5.41, 5.74) is 0.0571. The van der Waals surface area contributed by atoms with Gasteiger partial charge < -0.3 is 10.4 Å². The predicted molar refractivity (Wildman–Crippen MR) is 69.0 cm³/mol. The van der Waals surface area contributed by atoms with E-state index in [1.807, 2.05) is 0 Å². The number of phenols is 1. The summed E-state index contributed by atoms with van der Waals surface area (Å²) in [6.45, 7) is 8.79. The lowest BCUT2D eigenvalue weighted by atomic mass is 9.81. The molecule has 18 heavy (non-hydrogen) atoms. The van der Waals surface area contributed by atoms with E-state index in [9.17, 15) is 14.3 Å². The normalized spacial score (nSPS) is 11.7. The quantitative estimate of drug-likeness (QED) is 0.866. The lowest BCUT2D eigenvalue weighted by Crippen LogP contribution is -2.37. The van der Waals surface area contributed by atoms with Crippen molar-refractivity contribution in [3.63, 3.8) is 0 Å². The molecule has 0 radical (unpaired) electrons. The lowest BCUT2D eigenvalue weighted by molar-refractivity contribution is 0.0922. The minimum atomic E-state index is -0.563. The Morgan fingerprint density at radius 2 is 2.06 bits per heavy atom. The molecule has 1 aromatic rings. The molecule has 0 aliphatic rings. The highest BCUT2D eigenvalue weighted by atomic mass is 19.1. The van der Waals surface area contributed by atoms with Crippen LogP contribution in [-0.2, 0) is 0 Å². The molecule has 0 bridgehead atoms. The Morgan fingerprint density at radius 3 is 2.56 bits per heavy atom. The van der Waals surface area contributed by atoms with Crippen LogP contribution in [0, 0.1) is 17.2 Å². The Kier molecular flexibility index (Phi) is 4.33. The molecule has 4 heteroatoms. The average molecular weight is 253 g/mol. The third-order valence-electron chi connectivity index (χ3n) is 3.47. The zero-order valence-corrected chi connectivity index (χ0v) is 11.2. The monoisotopic (exact) mass is 253 g/mol. The van der Waals surface area contributed by atoms with Gasteiger partial charge >= 0.3 is 0 Å². The summed E-state index contributed by atoms with van der Waals surface area (Å²) in [7, 11) is 0. The number of amides is 1. The molecule has 0 fully saturated rings. The Balaban J connectivity index is 2.72. The minimum Gasteiger partial charge on any atom is -0.507 e. The highest BCUT2D eigenvalue weighted by Crippen LogP contribution is 2.25. The molecular formula is C14H20FNO2. The first kappa shape index (κ1) is 14.5. The predicted octanol–water partition coefficient (Wildman–Crippen LogP) is 2.94. The number of carbonyl (C=O) groups excluding carboxylic acids is 1. The van der Waals surface area contributed by atoms with Crippen molar-refractivity contribution in [2.75, 3.05) is 6.54 Å². The molecular weight excluding hydrogens is 233 g/mol. The van der Waals surface area contributed by atoms with Gasteiger partial charge in [-0.3, -0.25) is 4.79 Å². The van der Waals surface area contributed by atoms with Crippen LogP contribution in [0.3, 0.4) is 0 Å². The van der Waals surface area contributed by atoms with Crippen molar-refractivity contribution in [1.29, 1.82) is 0 Å². The van der Waals surface area contributed by atoms with Crippen LogP contribution < -0.4 is 5.32 Å². The molecule has 0 saturated heterocycles. The van der Waals surface area contributed by atoms with E-state index in [0.717, 1.165) is 12.1 Å². The van der Waals surface area contributed by atoms with Crippen molar-refractivity contribution in [3.05, 3.63) is 29.6 Å². The maximum absolute atomic E-state index is 12.8. The van der Waals surface area contributed by atoms with Gasteiger partial charge in [-0.15, -0.1) is 0 Å². The molecule has 0 saturated carbocycles. The Labute approximate surface area is 107 Å². The number of benzene rings is 1. The standard InChI is InChI=1S/C14H20FNO2/c1-9(2)14(3,4)8-16-13(18)11-6-5-10(15)7-12(11)17/h5-7,9,17H,8H2,1-4H3,(H,16,18). The molecule has 0 unspecified atom stereocenters. The number of aromatic hydroxyl groups is 1. The molecule has 0 spiro atoms. The lowest BCUT2D eigenvalue weighted by Gasteiger charge is -2.29. The summed E-state index contributed by atoms with van der Waals surface area (Å²) in [5.74, 6) is -0.873. The van der Waals surface area contributed by atoms with Crippen molar-refractivity contribution in [2.24, 2.45) is 11.3 Å². The van der Waals surface area contributed by atoms with E-state index in [0.29, 0.717) is 12.5 Å². The fourth-order valence-corrected chi connectivity index (χ4v) is 1.30. The van der Waals surface area contributed by atoms with Crippen LogP contribution in [0.15, 0.2) is 18.2 Å². The summed E-state index contributed by atoms with van der Waals surface area (Å²) >= 11 is 0.